The molecule has 2 amide bonds. The van der Waals surface area contributed by atoms with Crippen molar-refractivity contribution in [2.75, 3.05) is 26.2 Å². The lowest BCUT2D eigenvalue weighted by atomic mass is 9.93. The van der Waals surface area contributed by atoms with Gasteiger partial charge in [-0.25, -0.2) is 0 Å². The van der Waals surface area contributed by atoms with Gasteiger partial charge < -0.3 is 9.80 Å². The highest BCUT2D eigenvalue weighted by molar-refractivity contribution is 7.12. The summed E-state index contributed by atoms with van der Waals surface area (Å²) in [5.41, 5.74) is 2.58. The summed E-state index contributed by atoms with van der Waals surface area (Å²) in [6.07, 6.45) is 4.63. The highest BCUT2D eigenvalue weighted by Crippen LogP contribution is 2.26. The molecule has 0 unspecified atom stereocenters. The van der Waals surface area contributed by atoms with E-state index in [1.54, 1.807) is 0 Å². The number of likely N-dealkylation sites (tertiary alicyclic amines) is 1. The minimum absolute atomic E-state index is 0.0454. The van der Waals surface area contributed by atoms with Crippen LogP contribution in [0.4, 0.5) is 0 Å². The monoisotopic (exact) mass is 380 g/mol. The van der Waals surface area contributed by atoms with Crippen LogP contribution < -0.4 is 0 Å². The smallest absolute Gasteiger partial charge is 0.263 e. The van der Waals surface area contributed by atoms with Crippen LogP contribution in [0.5, 0.6) is 0 Å². The molecule has 0 aliphatic carbocycles. The average molecular weight is 381 g/mol. The number of carbonyl (C=O) groups excluding carboxylic acids is 2. The van der Waals surface area contributed by atoms with Gasteiger partial charge in [-0.15, -0.1) is 11.3 Å². The molecular formula is C22H24N2O2S. The van der Waals surface area contributed by atoms with Crippen LogP contribution in [0.25, 0.3) is 5.57 Å². The molecule has 3 heterocycles. The number of thiophene rings is 1. The zero-order chi connectivity index (χ0) is 18.6. The van der Waals surface area contributed by atoms with E-state index in [9.17, 15) is 9.59 Å². The first kappa shape index (κ1) is 18.0. The Kier molecular flexibility index (Phi) is 5.39. The highest BCUT2D eigenvalue weighted by Gasteiger charge is 2.31. The van der Waals surface area contributed by atoms with Crippen molar-refractivity contribution in [2.45, 2.75) is 19.3 Å². The third-order valence-electron chi connectivity index (χ3n) is 5.53. The molecule has 2 aromatic rings. The van der Waals surface area contributed by atoms with E-state index in [2.05, 4.69) is 30.3 Å². The van der Waals surface area contributed by atoms with E-state index in [0.717, 1.165) is 30.7 Å². The largest absolute Gasteiger partial charge is 0.338 e. The van der Waals surface area contributed by atoms with Crippen LogP contribution in [0.15, 0.2) is 53.9 Å². The molecule has 0 bridgehead atoms. The quantitative estimate of drug-likeness (QED) is 0.810. The Morgan fingerprint density at radius 2 is 1.70 bits per heavy atom. The van der Waals surface area contributed by atoms with Gasteiger partial charge in [-0.3, -0.25) is 9.59 Å². The number of rotatable bonds is 3. The Balaban J connectivity index is 1.31. The van der Waals surface area contributed by atoms with E-state index in [4.69, 9.17) is 0 Å². The molecule has 27 heavy (non-hydrogen) atoms. The Labute approximate surface area is 164 Å². The standard InChI is InChI=1S/C22H24N2O2S/c25-21(23-12-8-18(9-13-23)17-5-2-1-3-6-17)19-10-14-24(15-11-19)22(26)20-7-4-16-27-20/h1-8,16,19H,9-15H2. The van der Waals surface area contributed by atoms with E-state index in [1.807, 2.05) is 33.4 Å². The summed E-state index contributed by atoms with van der Waals surface area (Å²) >= 11 is 1.48. The second-order valence-electron chi connectivity index (χ2n) is 7.17. The van der Waals surface area contributed by atoms with Gasteiger partial charge in [0.1, 0.15) is 0 Å². The first-order valence-electron chi connectivity index (χ1n) is 9.58. The van der Waals surface area contributed by atoms with Crippen LogP contribution in [0.3, 0.4) is 0 Å². The SMILES string of the molecule is O=C(c1cccs1)N1CCC(C(=O)N2CC=C(c3ccccc3)CC2)CC1. The number of hydrogen-bond acceptors (Lipinski definition) is 3. The lowest BCUT2D eigenvalue weighted by Gasteiger charge is -2.35. The molecule has 1 aromatic carbocycles. The van der Waals surface area contributed by atoms with E-state index >= 15 is 0 Å². The van der Waals surface area contributed by atoms with Gasteiger partial charge in [-0.05, 0) is 41.8 Å². The van der Waals surface area contributed by atoms with E-state index in [0.29, 0.717) is 19.6 Å². The second kappa shape index (κ2) is 8.09. The van der Waals surface area contributed by atoms with Crippen molar-refractivity contribution in [1.29, 1.82) is 0 Å². The summed E-state index contributed by atoms with van der Waals surface area (Å²) in [6, 6.07) is 14.2. The van der Waals surface area contributed by atoms with Gasteiger partial charge in [0.15, 0.2) is 0 Å². The molecule has 1 aromatic heterocycles. The molecule has 140 valence electrons. The lowest BCUT2D eigenvalue weighted by Crippen LogP contribution is -2.45. The molecule has 0 radical (unpaired) electrons. The van der Waals surface area contributed by atoms with Crippen LogP contribution in [0.2, 0.25) is 0 Å². The van der Waals surface area contributed by atoms with Crippen molar-refractivity contribution in [3.05, 3.63) is 64.4 Å². The maximum absolute atomic E-state index is 12.9. The van der Waals surface area contributed by atoms with E-state index in [-0.39, 0.29) is 17.7 Å². The number of piperidine rings is 1. The fourth-order valence-corrected chi connectivity index (χ4v) is 4.62. The normalized spacial score (nSPS) is 18.3. The first-order chi connectivity index (χ1) is 13.2. The molecule has 1 saturated heterocycles. The minimum atomic E-state index is 0.0454. The fraction of sp³-hybridized carbons (Fsp3) is 0.364. The van der Waals surface area contributed by atoms with Crippen LogP contribution >= 0.6 is 11.3 Å². The van der Waals surface area contributed by atoms with E-state index in [1.165, 1.54) is 22.5 Å². The van der Waals surface area contributed by atoms with Crippen molar-refractivity contribution in [3.63, 3.8) is 0 Å². The predicted molar refractivity (Wildman–Crippen MR) is 109 cm³/mol. The Morgan fingerprint density at radius 1 is 0.926 bits per heavy atom. The molecule has 1 fully saturated rings. The molecule has 0 saturated carbocycles. The molecule has 0 spiro atoms. The number of amides is 2. The highest BCUT2D eigenvalue weighted by atomic mass is 32.1. The zero-order valence-electron chi connectivity index (χ0n) is 15.3. The van der Waals surface area contributed by atoms with Crippen molar-refractivity contribution >= 4 is 28.7 Å². The van der Waals surface area contributed by atoms with Crippen LogP contribution in [-0.2, 0) is 4.79 Å². The third kappa shape index (κ3) is 3.98. The summed E-state index contributed by atoms with van der Waals surface area (Å²) in [4.78, 5) is 30.0. The van der Waals surface area contributed by atoms with Crippen molar-refractivity contribution in [3.8, 4) is 0 Å². The van der Waals surface area contributed by atoms with Gasteiger partial charge in [0.25, 0.3) is 5.91 Å². The van der Waals surface area contributed by atoms with Crippen LogP contribution in [-0.4, -0.2) is 47.8 Å². The summed E-state index contributed by atoms with van der Waals surface area (Å²) in [5.74, 6) is 0.398. The molecule has 0 atom stereocenters. The second-order valence-corrected chi connectivity index (χ2v) is 8.12. The first-order valence-corrected chi connectivity index (χ1v) is 10.5. The molecule has 0 N–H and O–H groups in total. The van der Waals surface area contributed by atoms with Gasteiger partial charge in [0, 0.05) is 32.1 Å². The number of benzene rings is 1. The van der Waals surface area contributed by atoms with Crippen LogP contribution in [0.1, 0.15) is 34.5 Å². The molecule has 2 aliphatic rings. The van der Waals surface area contributed by atoms with Crippen molar-refractivity contribution in [1.82, 2.24) is 9.80 Å². The number of nitrogens with zero attached hydrogens (tertiary/aromatic N) is 2. The topological polar surface area (TPSA) is 40.6 Å². The van der Waals surface area contributed by atoms with E-state index < -0.39 is 0 Å². The zero-order valence-corrected chi connectivity index (χ0v) is 16.2. The average Bonchev–Trinajstić information content (AvgIpc) is 3.28. The van der Waals surface area contributed by atoms with Gasteiger partial charge in [-0.2, -0.15) is 0 Å². The Morgan fingerprint density at radius 3 is 2.33 bits per heavy atom. The number of hydrogen-bond donors (Lipinski definition) is 0. The van der Waals surface area contributed by atoms with Gasteiger partial charge in [0.2, 0.25) is 5.91 Å². The summed E-state index contributed by atoms with van der Waals surface area (Å²) < 4.78 is 0. The van der Waals surface area contributed by atoms with Gasteiger partial charge in [0.05, 0.1) is 4.88 Å². The van der Waals surface area contributed by atoms with Crippen LogP contribution in [0, 0.1) is 5.92 Å². The fourth-order valence-electron chi connectivity index (χ4n) is 3.93. The van der Waals surface area contributed by atoms with Gasteiger partial charge in [-0.1, -0.05) is 42.5 Å². The Hall–Kier alpha value is -2.40. The minimum Gasteiger partial charge on any atom is -0.338 e. The van der Waals surface area contributed by atoms with Crippen molar-refractivity contribution in [2.24, 2.45) is 5.92 Å². The maximum atomic E-state index is 12.9. The Bertz CT molecular complexity index is 821. The van der Waals surface area contributed by atoms with Crippen molar-refractivity contribution < 1.29 is 9.59 Å². The molecular weight excluding hydrogens is 356 g/mol. The summed E-state index contributed by atoms with van der Waals surface area (Å²) in [7, 11) is 0. The molecule has 2 aliphatic heterocycles. The van der Waals surface area contributed by atoms with Gasteiger partial charge >= 0.3 is 0 Å². The summed E-state index contributed by atoms with van der Waals surface area (Å²) in [6.45, 7) is 2.82. The third-order valence-corrected chi connectivity index (χ3v) is 6.39. The molecule has 4 nitrogen and oxygen atoms in total. The molecule has 5 heteroatoms. The maximum Gasteiger partial charge on any atom is 0.263 e. The molecule has 4 rings (SSSR count). The number of carbonyl (C=O) groups is 2. The summed E-state index contributed by atoms with van der Waals surface area (Å²) in [5, 5.41) is 1.93. The predicted octanol–water partition coefficient (Wildman–Crippen LogP) is 3.92. The lowest BCUT2D eigenvalue weighted by molar-refractivity contribution is -0.136.